The standard InChI is InChI=1S/C7H11F2NO/c1-2-3-10-6(11)5-4-7(5,8)9/h5H,2-4H2,1H3,(H,10,11). The van der Waals surface area contributed by atoms with Crippen molar-refractivity contribution in [3.63, 3.8) is 0 Å². The third-order valence-electron chi connectivity index (χ3n) is 1.69. The van der Waals surface area contributed by atoms with Crippen molar-refractivity contribution in [2.75, 3.05) is 6.54 Å². The number of amides is 1. The highest BCUT2D eigenvalue weighted by atomic mass is 19.3. The van der Waals surface area contributed by atoms with E-state index in [1.807, 2.05) is 6.92 Å². The summed E-state index contributed by atoms with van der Waals surface area (Å²) >= 11 is 0. The Bertz CT molecular complexity index is 170. The molecule has 0 bridgehead atoms. The van der Waals surface area contributed by atoms with Gasteiger partial charge in [0, 0.05) is 13.0 Å². The Morgan fingerprint density at radius 1 is 1.73 bits per heavy atom. The predicted molar refractivity (Wildman–Crippen MR) is 36.4 cm³/mol. The van der Waals surface area contributed by atoms with E-state index in [2.05, 4.69) is 5.32 Å². The maximum Gasteiger partial charge on any atom is 0.260 e. The molecule has 11 heavy (non-hydrogen) atoms. The lowest BCUT2D eigenvalue weighted by atomic mass is 10.3. The maximum absolute atomic E-state index is 12.2. The highest BCUT2D eigenvalue weighted by molar-refractivity contribution is 5.82. The minimum Gasteiger partial charge on any atom is -0.356 e. The number of carbonyl (C=O) groups is 1. The fourth-order valence-electron chi connectivity index (χ4n) is 0.869. The van der Waals surface area contributed by atoms with Gasteiger partial charge in [0.25, 0.3) is 5.92 Å². The Hall–Kier alpha value is -0.670. The zero-order valence-electron chi connectivity index (χ0n) is 6.36. The molecule has 1 aliphatic carbocycles. The zero-order valence-corrected chi connectivity index (χ0v) is 6.36. The van der Waals surface area contributed by atoms with Crippen molar-refractivity contribution in [2.45, 2.75) is 25.7 Å². The van der Waals surface area contributed by atoms with Gasteiger partial charge in [-0.2, -0.15) is 0 Å². The minimum absolute atomic E-state index is 0.275. The average Bonchev–Trinajstić information content (AvgIpc) is 2.55. The number of carbonyl (C=O) groups excluding carboxylic acids is 1. The summed E-state index contributed by atoms with van der Waals surface area (Å²) < 4.78 is 24.4. The normalized spacial score (nSPS) is 26.3. The molecule has 1 fully saturated rings. The van der Waals surface area contributed by atoms with Crippen LogP contribution >= 0.6 is 0 Å². The Morgan fingerprint density at radius 3 is 2.64 bits per heavy atom. The first-order chi connectivity index (χ1) is 5.08. The van der Waals surface area contributed by atoms with E-state index >= 15 is 0 Å². The van der Waals surface area contributed by atoms with Crippen molar-refractivity contribution < 1.29 is 13.6 Å². The molecule has 1 saturated carbocycles. The van der Waals surface area contributed by atoms with Gasteiger partial charge < -0.3 is 5.32 Å². The van der Waals surface area contributed by atoms with Crippen molar-refractivity contribution in [2.24, 2.45) is 5.92 Å². The molecular formula is C7H11F2NO. The van der Waals surface area contributed by atoms with Gasteiger partial charge in [0.1, 0.15) is 5.92 Å². The lowest BCUT2D eigenvalue weighted by molar-refractivity contribution is -0.124. The number of nitrogens with one attached hydrogen (secondary N) is 1. The monoisotopic (exact) mass is 163 g/mol. The van der Waals surface area contributed by atoms with Crippen molar-refractivity contribution in [1.82, 2.24) is 5.32 Å². The Balaban J connectivity index is 2.23. The SMILES string of the molecule is CCCNC(=O)C1CC1(F)F. The van der Waals surface area contributed by atoms with Crippen molar-refractivity contribution in [3.05, 3.63) is 0 Å². The van der Waals surface area contributed by atoms with E-state index < -0.39 is 17.7 Å². The summed E-state index contributed by atoms with van der Waals surface area (Å²) in [5.74, 6) is -4.27. The average molecular weight is 163 g/mol. The van der Waals surface area contributed by atoms with Crippen LogP contribution in [0.25, 0.3) is 0 Å². The van der Waals surface area contributed by atoms with Crippen LogP contribution in [-0.2, 0) is 4.79 Å². The van der Waals surface area contributed by atoms with Crippen LogP contribution in [0.15, 0.2) is 0 Å². The fraction of sp³-hybridized carbons (Fsp3) is 0.857. The smallest absolute Gasteiger partial charge is 0.260 e. The Morgan fingerprint density at radius 2 is 2.27 bits per heavy atom. The van der Waals surface area contributed by atoms with Gasteiger partial charge in [-0.1, -0.05) is 6.92 Å². The van der Waals surface area contributed by atoms with Crippen LogP contribution in [0.5, 0.6) is 0 Å². The molecular weight excluding hydrogens is 152 g/mol. The first-order valence-electron chi connectivity index (χ1n) is 3.73. The van der Waals surface area contributed by atoms with Crippen LogP contribution in [0, 0.1) is 5.92 Å². The fourth-order valence-corrected chi connectivity index (χ4v) is 0.869. The van der Waals surface area contributed by atoms with Crippen LogP contribution < -0.4 is 5.32 Å². The number of halogens is 2. The Kier molecular flexibility index (Phi) is 2.11. The van der Waals surface area contributed by atoms with Crippen molar-refractivity contribution >= 4 is 5.91 Å². The molecule has 1 aliphatic rings. The quantitative estimate of drug-likeness (QED) is 0.664. The molecule has 4 heteroatoms. The first kappa shape index (κ1) is 8.43. The summed E-state index contributed by atoms with van der Waals surface area (Å²) in [7, 11) is 0. The summed E-state index contributed by atoms with van der Waals surface area (Å²) in [5.41, 5.74) is 0. The molecule has 0 saturated heterocycles. The maximum atomic E-state index is 12.2. The highest BCUT2D eigenvalue weighted by Crippen LogP contribution is 2.48. The third-order valence-corrected chi connectivity index (χ3v) is 1.69. The van der Waals surface area contributed by atoms with E-state index in [0.717, 1.165) is 6.42 Å². The molecule has 0 aromatic rings. The number of hydrogen-bond acceptors (Lipinski definition) is 1. The number of hydrogen-bond donors (Lipinski definition) is 1. The van der Waals surface area contributed by atoms with Gasteiger partial charge >= 0.3 is 0 Å². The van der Waals surface area contributed by atoms with Gasteiger partial charge in [-0.05, 0) is 6.42 Å². The van der Waals surface area contributed by atoms with E-state index in [9.17, 15) is 13.6 Å². The lowest BCUT2D eigenvalue weighted by Crippen LogP contribution is -2.27. The van der Waals surface area contributed by atoms with Crippen LogP contribution in [0.1, 0.15) is 19.8 Å². The van der Waals surface area contributed by atoms with Crippen LogP contribution in [0.3, 0.4) is 0 Å². The molecule has 2 nitrogen and oxygen atoms in total. The third kappa shape index (κ3) is 1.88. The number of alkyl halides is 2. The molecule has 1 amide bonds. The molecule has 0 aliphatic heterocycles. The molecule has 64 valence electrons. The van der Waals surface area contributed by atoms with Crippen molar-refractivity contribution in [1.29, 1.82) is 0 Å². The predicted octanol–water partition coefficient (Wildman–Crippen LogP) is 1.17. The second-order valence-electron chi connectivity index (χ2n) is 2.81. The molecule has 0 spiro atoms. The summed E-state index contributed by atoms with van der Waals surface area (Å²) in [6.07, 6.45) is 0.507. The highest BCUT2D eigenvalue weighted by Gasteiger charge is 2.61. The van der Waals surface area contributed by atoms with E-state index in [-0.39, 0.29) is 6.42 Å². The summed E-state index contributed by atoms with van der Waals surface area (Å²) in [5, 5.41) is 2.43. The molecule has 1 rings (SSSR count). The molecule has 0 radical (unpaired) electrons. The largest absolute Gasteiger partial charge is 0.356 e. The summed E-state index contributed by atoms with van der Waals surface area (Å²) in [4.78, 5) is 10.8. The van der Waals surface area contributed by atoms with E-state index in [0.29, 0.717) is 6.54 Å². The minimum atomic E-state index is -2.72. The summed E-state index contributed by atoms with van der Waals surface area (Å²) in [6, 6.07) is 0. The molecule has 1 unspecified atom stereocenters. The first-order valence-corrected chi connectivity index (χ1v) is 3.73. The van der Waals surface area contributed by atoms with Gasteiger partial charge in [0.2, 0.25) is 5.91 Å². The molecule has 0 heterocycles. The van der Waals surface area contributed by atoms with E-state index in [1.54, 1.807) is 0 Å². The zero-order chi connectivity index (χ0) is 8.48. The van der Waals surface area contributed by atoms with Gasteiger partial charge in [-0.15, -0.1) is 0 Å². The van der Waals surface area contributed by atoms with Crippen LogP contribution in [-0.4, -0.2) is 18.4 Å². The van der Waals surface area contributed by atoms with E-state index in [4.69, 9.17) is 0 Å². The molecule has 1 atom stereocenters. The van der Waals surface area contributed by atoms with Crippen LogP contribution in [0.2, 0.25) is 0 Å². The second-order valence-corrected chi connectivity index (χ2v) is 2.81. The van der Waals surface area contributed by atoms with Gasteiger partial charge in [-0.25, -0.2) is 8.78 Å². The number of rotatable bonds is 3. The Labute approximate surface area is 64.0 Å². The second kappa shape index (κ2) is 2.75. The lowest BCUT2D eigenvalue weighted by Gasteiger charge is -2.00. The van der Waals surface area contributed by atoms with Gasteiger partial charge in [0.15, 0.2) is 0 Å². The summed E-state index contributed by atoms with van der Waals surface area (Å²) in [6.45, 7) is 2.37. The van der Waals surface area contributed by atoms with Crippen LogP contribution in [0.4, 0.5) is 8.78 Å². The van der Waals surface area contributed by atoms with E-state index in [1.165, 1.54) is 0 Å². The molecule has 0 aromatic heterocycles. The van der Waals surface area contributed by atoms with Crippen molar-refractivity contribution in [3.8, 4) is 0 Å². The topological polar surface area (TPSA) is 29.1 Å². The van der Waals surface area contributed by atoms with Gasteiger partial charge in [0.05, 0.1) is 0 Å². The van der Waals surface area contributed by atoms with Gasteiger partial charge in [-0.3, -0.25) is 4.79 Å². The molecule has 0 aromatic carbocycles. The molecule has 1 N–H and O–H groups in total.